The van der Waals surface area contributed by atoms with Crippen molar-refractivity contribution in [1.82, 2.24) is 5.32 Å². The van der Waals surface area contributed by atoms with E-state index in [1.165, 1.54) is 37.8 Å². The molecular weight excluding hydrogens is 265 g/mol. The molecule has 1 N–H and O–H groups in total. The number of benzene rings is 1. The van der Waals surface area contributed by atoms with E-state index in [2.05, 4.69) is 12.2 Å². The highest BCUT2D eigenvalue weighted by Crippen LogP contribution is 2.23. The number of nitrogens with one attached hydrogen (secondary N) is 1. The molecule has 2 rings (SSSR count). The van der Waals surface area contributed by atoms with Crippen molar-refractivity contribution in [1.29, 1.82) is 0 Å². The molecular formula is C15H21ClFNO. The third-order valence-electron chi connectivity index (χ3n) is 3.71. The van der Waals surface area contributed by atoms with Gasteiger partial charge in [-0.1, -0.05) is 18.5 Å². The number of ether oxygens (including phenoxy) is 1. The Labute approximate surface area is 119 Å². The van der Waals surface area contributed by atoms with Crippen molar-refractivity contribution in [2.75, 3.05) is 13.2 Å². The van der Waals surface area contributed by atoms with Gasteiger partial charge < -0.3 is 10.1 Å². The molecule has 1 aromatic carbocycles. The Kier molecular flexibility index (Phi) is 5.46. The zero-order valence-electron chi connectivity index (χ0n) is 11.3. The maximum atomic E-state index is 13.2. The molecule has 1 fully saturated rings. The lowest BCUT2D eigenvalue weighted by atomic mass is 9.87. The zero-order valence-corrected chi connectivity index (χ0v) is 12.0. The highest BCUT2D eigenvalue weighted by molar-refractivity contribution is 6.30. The van der Waals surface area contributed by atoms with Crippen LogP contribution in [-0.4, -0.2) is 19.2 Å². The van der Waals surface area contributed by atoms with Gasteiger partial charge in [0.1, 0.15) is 18.2 Å². The minimum Gasteiger partial charge on any atom is -0.492 e. The summed E-state index contributed by atoms with van der Waals surface area (Å²) in [5.74, 6) is 0.959. The van der Waals surface area contributed by atoms with Crippen molar-refractivity contribution < 1.29 is 9.13 Å². The average Bonchev–Trinajstić information content (AvgIpc) is 2.41. The minimum atomic E-state index is -0.437. The van der Waals surface area contributed by atoms with Crippen LogP contribution >= 0.6 is 11.6 Å². The second-order valence-electron chi connectivity index (χ2n) is 5.34. The van der Waals surface area contributed by atoms with E-state index in [0.29, 0.717) is 18.4 Å². The van der Waals surface area contributed by atoms with E-state index in [4.69, 9.17) is 16.3 Å². The van der Waals surface area contributed by atoms with Gasteiger partial charge in [0.2, 0.25) is 0 Å². The van der Waals surface area contributed by atoms with Crippen molar-refractivity contribution in [3.8, 4) is 5.75 Å². The largest absolute Gasteiger partial charge is 0.492 e. The van der Waals surface area contributed by atoms with Gasteiger partial charge in [-0.25, -0.2) is 4.39 Å². The van der Waals surface area contributed by atoms with Crippen LogP contribution in [0.4, 0.5) is 4.39 Å². The molecule has 0 bridgehead atoms. The number of hydrogen-bond donors (Lipinski definition) is 1. The van der Waals surface area contributed by atoms with Crippen LogP contribution in [0.5, 0.6) is 5.75 Å². The van der Waals surface area contributed by atoms with Crippen LogP contribution in [0.25, 0.3) is 0 Å². The molecule has 0 radical (unpaired) electrons. The first-order valence-electron chi connectivity index (χ1n) is 6.96. The molecule has 0 amide bonds. The minimum absolute atomic E-state index is 0.127. The second-order valence-corrected chi connectivity index (χ2v) is 5.74. The molecule has 0 aromatic heterocycles. The maximum absolute atomic E-state index is 13.2. The normalized spacial score (nSPS) is 23.3. The molecule has 106 valence electrons. The zero-order chi connectivity index (χ0) is 13.7. The standard InChI is InChI=1S/C15H21ClFNO/c1-11-2-4-12(5-3-11)18-8-9-19-13-6-7-14(16)15(17)10-13/h6-7,10-12,18H,2-5,8-9H2,1H3. The molecule has 1 aromatic rings. The van der Waals surface area contributed by atoms with E-state index in [-0.39, 0.29) is 5.02 Å². The number of hydrogen-bond acceptors (Lipinski definition) is 2. The third-order valence-corrected chi connectivity index (χ3v) is 4.02. The van der Waals surface area contributed by atoms with Crippen LogP contribution in [0.3, 0.4) is 0 Å². The van der Waals surface area contributed by atoms with Crippen molar-refractivity contribution in [2.45, 2.75) is 38.6 Å². The maximum Gasteiger partial charge on any atom is 0.145 e. The average molecular weight is 286 g/mol. The molecule has 0 saturated heterocycles. The summed E-state index contributed by atoms with van der Waals surface area (Å²) < 4.78 is 18.7. The number of rotatable bonds is 5. The molecule has 4 heteroatoms. The Bertz CT molecular complexity index is 405. The summed E-state index contributed by atoms with van der Waals surface area (Å²) in [6.07, 6.45) is 5.11. The Morgan fingerprint density at radius 2 is 2.05 bits per heavy atom. The molecule has 0 aliphatic heterocycles. The first-order valence-corrected chi connectivity index (χ1v) is 7.34. The van der Waals surface area contributed by atoms with Crippen LogP contribution in [0.15, 0.2) is 18.2 Å². The van der Waals surface area contributed by atoms with E-state index < -0.39 is 5.82 Å². The summed E-state index contributed by atoms with van der Waals surface area (Å²) >= 11 is 5.61. The van der Waals surface area contributed by atoms with Gasteiger partial charge >= 0.3 is 0 Å². The first-order chi connectivity index (χ1) is 9.15. The van der Waals surface area contributed by atoms with Gasteiger partial charge in [0.15, 0.2) is 0 Å². The fraction of sp³-hybridized carbons (Fsp3) is 0.600. The Morgan fingerprint density at radius 1 is 1.32 bits per heavy atom. The predicted molar refractivity (Wildman–Crippen MR) is 76.3 cm³/mol. The summed E-state index contributed by atoms with van der Waals surface area (Å²) in [5, 5.41) is 3.62. The van der Waals surface area contributed by atoms with E-state index in [1.54, 1.807) is 6.07 Å². The molecule has 0 spiro atoms. The first kappa shape index (κ1) is 14.6. The molecule has 0 atom stereocenters. The van der Waals surface area contributed by atoms with Crippen LogP contribution in [0.2, 0.25) is 5.02 Å². The van der Waals surface area contributed by atoms with Crippen molar-refractivity contribution in [2.24, 2.45) is 5.92 Å². The lowest BCUT2D eigenvalue weighted by molar-refractivity contribution is 0.270. The van der Waals surface area contributed by atoms with E-state index >= 15 is 0 Å². The lowest BCUT2D eigenvalue weighted by Gasteiger charge is -2.27. The third kappa shape index (κ3) is 4.66. The SMILES string of the molecule is CC1CCC(NCCOc2ccc(Cl)c(F)c2)CC1. The molecule has 1 saturated carbocycles. The molecule has 1 aliphatic carbocycles. The van der Waals surface area contributed by atoms with Crippen molar-refractivity contribution in [3.63, 3.8) is 0 Å². The van der Waals surface area contributed by atoms with Crippen molar-refractivity contribution in [3.05, 3.63) is 29.0 Å². The van der Waals surface area contributed by atoms with Gasteiger partial charge in [-0.15, -0.1) is 0 Å². The summed E-state index contributed by atoms with van der Waals surface area (Å²) in [6, 6.07) is 5.14. The van der Waals surface area contributed by atoms with Gasteiger partial charge in [-0.2, -0.15) is 0 Å². The molecule has 0 heterocycles. The monoisotopic (exact) mass is 285 g/mol. The van der Waals surface area contributed by atoms with Crippen LogP contribution < -0.4 is 10.1 Å². The van der Waals surface area contributed by atoms with Gasteiger partial charge in [-0.3, -0.25) is 0 Å². The summed E-state index contributed by atoms with van der Waals surface area (Å²) in [4.78, 5) is 0. The fourth-order valence-electron chi connectivity index (χ4n) is 2.46. The lowest BCUT2D eigenvalue weighted by Crippen LogP contribution is -2.35. The number of halogens is 2. The van der Waals surface area contributed by atoms with Crippen LogP contribution in [0.1, 0.15) is 32.6 Å². The van der Waals surface area contributed by atoms with Crippen molar-refractivity contribution >= 4 is 11.6 Å². The Morgan fingerprint density at radius 3 is 2.74 bits per heavy atom. The Hall–Kier alpha value is -0.800. The molecule has 19 heavy (non-hydrogen) atoms. The van der Waals surface area contributed by atoms with Crippen LogP contribution in [-0.2, 0) is 0 Å². The quantitative estimate of drug-likeness (QED) is 0.825. The predicted octanol–water partition coefficient (Wildman–Crippen LogP) is 4.03. The summed E-state index contributed by atoms with van der Waals surface area (Å²) in [7, 11) is 0. The van der Waals surface area contributed by atoms with E-state index in [0.717, 1.165) is 12.5 Å². The molecule has 0 unspecified atom stereocenters. The Balaban J connectivity index is 1.65. The van der Waals surface area contributed by atoms with Gasteiger partial charge in [-0.05, 0) is 43.7 Å². The summed E-state index contributed by atoms with van der Waals surface area (Å²) in [6.45, 7) is 3.66. The van der Waals surface area contributed by atoms with E-state index in [9.17, 15) is 4.39 Å². The van der Waals surface area contributed by atoms with Gasteiger partial charge in [0.25, 0.3) is 0 Å². The summed E-state index contributed by atoms with van der Waals surface area (Å²) in [5.41, 5.74) is 0. The highest BCUT2D eigenvalue weighted by atomic mass is 35.5. The smallest absolute Gasteiger partial charge is 0.145 e. The second kappa shape index (κ2) is 7.11. The molecule has 1 aliphatic rings. The molecule has 2 nitrogen and oxygen atoms in total. The fourth-order valence-corrected chi connectivity index (χ4v) is 2.58. The van der Waals surface area contributed by atoms with Crippen LogP contribution in [0, 0.1) is 11.7 Å². The highest BCUT2D eigenvalue weighted by Gasteiger charge is 2.17. The topological polar surface area (TPSA) is 21.3 Å². The van der Waals surface area contributed by atoms with Gasteiger partial charge in [0, 0.05) is 18.7 Å². The van der Waals surface area contributed by atoms with E-state index in [1.807, 2.05) is 0 Å². The van der Waals surface area contributed by atoms with Gasteiger partial charge in [0.05, 0.1) is 5.02 Å².